The van der Waals surface area contributed by atoms with Gasteiger partial charge in [0.2, 0.25) is 0 Å². The van der Waals surface area contributed by atoms with Gasteiger partial charge in [-0.3, -0.25) is 0 Å². The van der Waals surface area contributed by atoms with Crippen molar-refractivity contribution in [3.63, 3.8) is 0 Å². The van der Waals surface area contributed by atoms with E-state index in [9.17, 15) is 4.79 Å². The Morgan fingerprint density at radius 3 is 2.89 bits per heavy atom. The Labute approximate surface area is 106 Å². The van der Waals surface area contributed by atoms with E-state index in [1.54, 1.807) is 18.2 Å². The van der Waals surface area contributed by atoms with Crippen LogP contribution in [0, 0.1) is 0 Å². The Morgan fingerprint density at radius 1 is 1.44 bits per heavy atom. The number of esters is 1. The largest absolute Gasteiger partial charge is 0.460 e. The molecular weight excluding hydrogens is 230 g/mol. The fourth-order valence-electron chi connectivity index (χ4n) is 1.77. The van der Waals surface area contributed by atoms with Gasteiger partial charge in [-0.15, -0.1) is 0 Å². The zero-order valence-electron chi connectivity index (χ0n) is 10.2. The molecule has 96 valence electrons. The summed E-state index contributed by atoms with van der Waals surface area (Å²) in [7, 11) is 0. The lowest BCUT2D eigenvalue weighted by atomic mass is 10.2. The Balaban J connectivity index is 1.77. The Kier molecular flexibility index (Phi) is 4.36. The molecule has 1 aromatic rings. The van der Waals surface area contributed by atoms with Crippen molar-refractivity contribution in [3.8, 4) is 0 Å². The second-order valence-electron chi connectivity index (χ2n) is 4.27. The molecule has 0 bridgehead atoms. The molecule has 2 N–H and O–H groups in total. The number of hydrogen-bond donors (Lipinski definition) is 1. The molecule has 18 heavy (non-hydrogen) atoms. The van der Waals surface area contributed by atoms with Crippen LogP contribution in [-0.2, 0) is 14.3 Å². The normalized spacial score (nSPS) is 19.2. The van der Waals surface area contributed by atoms with Gasteiger partial charge in [0.1, 0.15) is 6.61 Å². The van der Waals surface area contributed by atoms with Gasteiger partial charge in [-0.1, -0.05) is 12.1 Å². The molecule has 4 nitrogen and oxygen atoms in total. The van der Waals surface area contributed by atoms with Crippen LogP contribution < -0.4 is 5.73 Å². The molecule has 0 saturated carbocycles. The lowest BCUT2D eigenvalue weighted by molar-refractivity contribution is -0.140. The SMILES string of the molecule is Nc1ccc(/C=C/C(=O)OCC2CCCO2)cc1. The highest BCUT2D eigenvalue weighted by Crippen LogP contribution is 2.12. The molecule has 1 unspecified atom stereocenters. The summed E-state index contributed by atoms with van der Waals surface area (Å²) in [6.07, 6.45) is 5.20. The first-order valence-corrected chi connectivity index (χ1v) is 6.06. The van der Waals surface area contributed by atoms with E-state index in [2.05, 4.69) is 0 Å². The minimum Gasteiger partial charge on any atom is -0.460 e. The second kappa shape index (κ2) is 6.21. The maximum Gasteiger partial charge on any atom is 0.330 e. The first-order chi connectivity index (χ1) is 8.74. The molecule has 4 heteroatoms. The molecule has 0 radical (unpaired) electrons. The van der Waals surface area contributed by atoms with Gasteiger partial charge >= 0.3 is 5.97 Å². The van der Waals surface area contributed by atoms with Gasteiger partial charge in [-0.25, -0.2) is 4.79 Å². The summed E-state index contributed by atoms with van der Waals surface area (Å²) in [6, 6.07) is 7.27. The molecule has 2 rings (SSSR count). The summed E-state index contributed by atoms with van der Waals surface area (Å²) < 4.78 is 10.5. The lowest BCUT2D eigenvalue weighted by Gasteiger charge is -2.08. The predicted octanol–water partition coefficient (Wildman–Crippen LogP) is 2.00. The van der Waals surface area contributed by atoms with E-state index in [4.69, 9.17) is 15.2 Å². The van der Waals surface area contributed by atoms with Crippen molar-refractivity contribution in [2.45, 2.75) is 18.9 Å². The first-order valence-electron chi connectivity index (χ1n) is 6.06. The van der Waals surface area contributed by atoms with Crippen LogP contribution in [0.2, 0.25) is 0 Å². The number of benzene rings is 1. The van der Waals surface area contributed by atoms with Crippen molar-refractivity contribution >= 4 is 17.7 Å². The Bertz CT molecular complexity index is 419. The standard InChI is InChI=1S/C14H17NO3/c15-12-6-3-11(4-7-12)5-8-14(16)18-10-13-2-1-9-17-13/h3-8,13H,1-2,9-10,15H2/b8-5+. The molecule has 1 fully saturated rings. The number of carbonyl (C=O) groups excluding carboxylic acids is 1. The average molecular weight is 247 g/mol. The van der Waals surface area contributed by atoms with E-state index in [0.717, 1.165) is 25.0 Å². The number of anilines is 1. The predicted molar refractivity (Wildman–Crippen MR) is 69.8 cm³/mol. The second-order valence-corrected chi connectivity index (χ2v) is 4.27. The van der Waals surface area contributed by atoms with Crippen molar-refractivity contribution in [2.24, 2.45) is 0 Å². The number of carbonyl (C=O) groups is 1. The highest BCUT2D eigenvalue weighted by atomic mass is 16.6. The molecule has 1 aliphatic heterocycles. The quantitative estimate of drug-likeness (QED) is 0.502. The smallest absolute Gasteiger partial charge is 0.330 e. The molecule has 0 spiro atoms. The Morgan fingerprint density at radius 2 is 2.22 bits per heavy atom. The maximum absolute atomic E-state index is 11.5. The molecule has 0 aromatic heterocycles. The fraction of sp³-hybridized carbons (Fsp3) is 0.357. The summed E-state index contributed by atoms with van der Waals surface area (Å²) in [6.45, 7) is 1.11. The first kappa shape index (κ1) is 12.6. The summed E-state index contributed by atoms with van der Waals surface area (Å²) >= 11 is 0. The molecule has 0 aliphatic carbocycles. The number of ether oxygens (including phenoxy) is 2. The van der Waals surface area contributed by atoms with Crippen LogP contribution in [0.5, 0.6) is 0 Å². The van der Waals surface area contributed by atoms with E-state index in [-0.39, 0.29) is 12.1 Å². The average Bonchev–Trinajstić information content (AvgIpc) is 2.89. The highest BCUT2D eigenvalue weighted by molar-refractivity contribution is 5.87. The molecule has 0 amide bonds. The van der Waals surface area contributed by atoms with E-state index in [0.29, 0.717) is 12.3 Å². The lowest BCUT2D eigenvalue weighted by Crippen LogP contribution is -2.16. The summed E-state index contributed by atoms with van der Waals surface area (Å²) in [5.74, 6) is -0.345. The maximum atomic E-state index is 11.5. The van der Waals surface area contributed by atoms with Crippen LogP contribution in [0.3, 0.4) is 0 Å². The van der Waals surface area contributed by atoms with Gasteiger partial charge in [-0.05, 0) is 36.6 Å². The summed E-state index contributed by atoms with van der Waals surface area (Å²) in [5, 5.41) is 0. The number of nitrogens with two attached hydrogens (primary N) is 1. The molecule has 1 heterocycles. The molecule has 1 aliphatic rings. The van der Waals surface area contributed by atoms with Gasteiger partial charge in [0.05, 0.1) is 6.10 Å². The van der Waals surface area contributed by atoms with Crippen LogP contribution in [0.1, 0.15) is 18.4 Å². The molecular formula is C14H17NO3. The monoisotopic (exact) mass is 247 g/mol. The van der Waals surface area contributed by atoms with E-state index in [1.807, 2.05) is 12.1 Å². The minimum absolute atomic E-state index is 0.0684. The van der Waals surface area contributed by atoms with Crippen LogP contribution in [0.15, 0.2) is 30.3 Å². The number of hydrogen-bond acceptors (Lipinski definition) is 4. The number of rotatable bonds is 4. The minimum atomic E-state index is -0.345. The molecule has 1 aromatic carbocycles. The van der Waals surface area contributed by atoms with Crippen molar-refractivity contribution in [2.75, 3.05) is 18.9 Å². The van der Waals surface area contributed by atoms with Gasteiger partial charge in [0, 0.05) is 18.4 Å². The number of nitrogen functional groups attached to an aromatic ring is 1. The third-order valence-corrected chi connectivity index (χ3v) is 2.78. The zero-order valence-corrected chi connectivity index (χ0v) is 10.2. The van der Waals surface area contributed by atoms with Crippen LogP contribution in [0.4, 0.5) is 5.69 Å². The zero-order chi connectivity index (χ0) is 12.8. The van der Waals surface area contributed by atoms with Crippen LogP contribution in [0.25, 0.3) is 6.08 Å². The fourth-order valence-corrected chi connectivity index (χ4v) is 1.77. The summed E-state index contributed by atoms with van der Waals surface area (Å²) in [4.78, 5) is 11.5. The van der Waals surface area contributed by atoms with Gasteiger partial charge in [0.25, 0.3) is 0 Å². The topological polar surface area (TPSA) is 61.6 Å². The van der Waals surface area contributed by atoms with Gasteiger partial charge in [0.15, 0.2) is 0 Å². The van der Waals surface area contributed by atoms with Crippen molar-refractivity contribution in [1.29, 1.82) is 0 Å². The van der Waals surface area contributed by atoms with Gasteiger partial charge < -0.3 is 15.2 Å². The van der Waals surface area contributed by atoms with Crippen LogP contribution in [-0.4, -0.2) is 25.3 Å². The summed E-state index contributed by atoms with van der Waals surface area (Å²) in [5.41, 5.74) is 7.19. The van der Waals surface area contributed by atoms with Crippen molar-refractivity contribution in [1.82, 2.24) is 0 Å². The van der Waals surface area contributed by atoms with Crippen LogP contribution >= 0.6 is 0 Å². The molecule has 1 saturated heterocycles. The molecule has 1 atom stereocenters. The van der Waals surface area contributed by atoms with Crippen molar-refractivity contribution < 1.29 is 14.3 Å². The third-order valence-electron chi connectivity index (χ3n) is 2.78. The Hall–Kier alpha value is -1.81. The van der Waals surface area contributed by atoms with Crippen molar-refractivity contribution in [3.05, 3.63) is 35.9 Å². The highest BCUT2D eigenvalue weighted by Gasteiger charge is 2.16. The third kappa shape index (κ3) is 3.89. The van der Waals surface area contributed by atoms with E-state index < -0.39 is 0 Å². The van der Waals surface area contributed by atoms with Gasteiger partial charge in [-0.2, -0.15) is 0 Å². The van der Waals surface area contributed by atoms with E-state index >= 15 is 0 Å². The van der Waals surface area contributed by atoms with E-state index in [1.165, 1.54) is 6.08 Å².